The standard InChI is InChI=1S/C9H7BrN/c1-11-5-4-7-6-8(10)2-3-9(7)11/h2-4,6H,1H3/q+1. The molecule has 2 heteroatoms. The van der Waals surface area contributed by atoms with Crippen molar-refractivity contribution in [2.24, 2.45) is 0 Å². The minimum atomic E-state index is 1.12. The highest BCUT2D eigenvalue weighted by Gasteiger charge is 2.21. The molecule has 1 heterocycles. The molecule has 0 atom stereocenters. The van der Waals surface area contributed by atoms with Gasteiger partial charge in [-0.25, -0.2) is 0 Å². The summed E-state index contributed by atoms with van der Waals surface area (Å²) in [5, 5.41) is 0. The smallest absolute Gasteiger partial charge is 0.187 e. The Morgan fingerprint density at radius 2 is 2.27 bits per heavy atom. The van der Waals surface area contributed by atoms with Crippen LogP contribution in [-0.4, -0.2) is 7.05 Å². The third kappa shape index (κ3) is 1.05. The number of hydrogen-bond acceptors (Lipinski definition) is 1. The molecule has 1 nitrogen and oxygen atoms in total. The third-order valence-corrected chi connectivity index (χ3v) is 2.26. The normalized spacial score (nSPS) is 13.1. The molecule has 11 heavy (non-hydrogen) atoms. The molecule has 0 unspecified atom stereocenters. The zero-order chi connectivity index (χ0) is 7.84. The summed E-state index contributed by atoms with van der Waals surface area (Å²) in [4.78, 5) is 1.99. The van der Waals surface area contributed by atoms with E-state index in [2.05, 4.69) is 34.3 Å². The average molecular weight is 209 g/mol. The molecule has 0 N–H and O–H groups in total. The van der Waals surface area contributed by atoms with Crippen molar-refractivity contribution in [2.45, 2.75) is 0 Å². The minimum Gasteiger partial charge on any atom is -0.187 e. The summed E-state index contributed by atoms with van der Waals surface area (Å²) in [5.41, 5.74) is 2.44. The van der Waals surface area contributed by atoms with Crippen LogP contribution in [0.3, 0.4) is 0 Å². The van der Waals surface area contributed by atoms with Crippen LogP contribution in [-0.2, 0) is 0 Å². The van der Waals surface area contributed by atoms with E-state index in [-0.39, 0.29) is 0 Å². The van der Waals surface area contributed by atoms with Gasteiger partial charge in [-0.1, -0.05) is 0 Å². The lowest BCUT2D eigenvalue weighted by atomic mass is 10.2. The fourth-order valence-corrected chi connectivity index (χ4v) is 1.56. The van der Waals surface area contributed by atoms with Crippen LogP contribution in [0.2, 0.25) is 0 Å². The molecule has 0 radical (unpaired) electrons. The highest BCUT2D eigenvalue weighted by Crippen LogP contribution is 2.29. The summed E-state index contributed by atoms with van der Waals surface area (Å²) in [6.07, 6.45) is 5.09. The Labute approximate surface area is 74.5 Å². The third-order valence-electron chi connectivity index (χ3n) is 1.76. The van der Waals surface area contributed by atoms with Gasteiger partial charge >= 0.3 is 0 Å². The number of benzene rings is 1. The Balaban J connectivity index is 2.58. The summed E-state index contributed by atoms with van der Waals surface area (Å²) in [5.74, 6) is 0. The Kier molecular flexibility index (Phi) is 1.45. The molecule has 2 rings (SSSR count). The summed E-state index contributed by atoms with van der Waals surface area (Å²) in [6, 6.07) is 6.21. The van der Waals surface area contributed by atoms with Crippen molar-refractivity contribution in [1.29, 1.82) is 0 Å². The average Bonchev–Trinajstić information content (AvgIpc) is 2.32. The first kappa shape index (κ1) is 6.84. The lowest BCUT2D eigenvalue weighted by molar-refractivity contribution is 1.20. The van der Waals surface area contributed by atoms with E-state index in [9.17, 15) is 0 Å². The molecular weight excluding hydrogens is 202 g/mol. The summed E-state index contributed by atoms with van der Waals surface area (Å²) in [6.45, 7) is 0. The van der Waals surface area contributed by atoms with E-state index in [0.29, 0.717) is 0 Å². The van der Waals surface area contributed by atoms with Crippen molar-refractivity contribution < 1.29 is 0 Å². The van der Waals surface area contributed by atoms with Gasteiger partial charge in [0.05, 0.1) is 0 Å². The Morgan fingerprint density at radius 3 is 3.09 bits per heavy atom. The van der Waals surface area contributed by atoms with Crippen LogP contribution < -0.4 is 4.90 Å². The first-order chi connectivity index (χ1) is 5.27. The fourth-order valence-electron chi connectivity index (χ4n) is 1.18. The van der Waals surface area contributed by atoms with Crippen molar-refractivity contribution in [2.75, 3.05) is 11.9 Å². The van der Waals surface area contributed by atoms with Crippen molar-refractivity contribution in [1.82, 2.24) is 0 Å². The molecule has 0 spiro atoms. The van der Waals surface area contributed by atoms with E-state index < -0.39 is 0 Å². The molecule has 0 bridgehead atoms. The van der Waals surface area contributed by atoms with Gasteiger partial charge in [0.1, 0.15) is 12.3 Å². The van der Waals surface area contributed by atoms with Gasteiger partial charge in [-0.05, 0) is 22.0 Å². The second kappa shape index (κ2) is 2.33. The number of nitrogens with zero attached hydrogens (tertiary/aromatic N) is 1. The summed E-state index contributed by atoms with van der Waals surface area (Å²) in [7, 11) is 2.00. The zero-order valence-electron chi connectivity index (χ0n) is 6.13. The van der Waals surface area contributed by atoms with Gasteiger partial charge in [-0.15, -0.1) is 0 Å². The molecule has 1 aliphatic rings. The topological polar surface area (TPSA) is 3.24 Å². The second-order valence-corrected chi connectivity index (χ2v) is 3.45. The zero-order valence-corrected chi connectivity index (χ0v) is 7.72. The maximum Gasteiger partial charge on any atom is 0.200 e. The summed E-state index contributed by atoms with van der Waals surface area (Å²) < 4.78 is 1.12. The van der Waals surface area contributed by atoms with Gasteiger partial charge in [0.2, 0.25) is 5.69 Å². The van der Waals surface area contributed by atoms with Gasteiger partial charge < -0.3 is 0 Å². The highest BCUT2D eigenvalue weighted by molar-refractivity contribution is 9.10. The number of rotatable bonds is 0. The van der Waals surface area contributed by atoms with Crippen LogP contribution in [0.15, 0.2) is 22.7 Å². The molecule has 1 aromatic carbocycles. The molecule has 0 saturated carbocycles. The quantitative estimate of drug-likeness (QED) is 0.593. The molecule has 1 aromatic rings. The maximum atomic E-state index is 3.42. The van der Waals surface area contributed by atoms with E-state index >= 15 is 0 Å². The van der Waals surface area contributed by atoms with Crippen molar-refractivity contribution in [3.8, 4) is 0 Å². The number of fused-ring (bicyclic) bond motifs is 1. The Morgan fingerprint density at radius 1 is 1.45 bits per heavy atom. The van der Waals surface area contributed by atoms with Crippen LogP contribution in [0.5, 0.6) is 0 Å². The molecule has 0 amide bonds. The first-order valence-electron chi connectivity index (χ1n) is 3.40. The molecule has 0 saturated heterocycles. The van der Waals surface area contributed by atoms with Gasteiger partial charge in [-0.3, -0.25) is 0 Å². The lowest BCUT2D eigenvalue weighted by Crippen LogP contribution is -2.04. The Bertz CT molecular complexity index is 317. The van der Waals surface area contributed by atoms with Crippen molar-refractivity contribution in [3.63, 3.8) is 0 Å². The van der Waals surface area contributed by atoms with Gasteiger partial charge in [0.25, 0.3) is 0 Å². The van der Waals surface area contributed by atoms with Crippen LogP contribution >= 0.6 is 15.9 Å². The number of anilines is 1. The van der Waals surface area contributed by atoms with E-state index in [1.54, 1.807) is 0 Å². The fraction of sp³-hybridized carbons (Fsp3) is 0.111. The first-order valence-corrected chi connectivity index (χ1v) is 4.19. The molecule has 0 aliphatic carbocycles. The predicted octanol–water partition coefficient (Wildman–Crippen LogP) is 2.67. The predicted molar refractivity (Wildman–Crippen MR) is 50.3 cm³/mol. The van der Waals surface area contributed by atoms with Crippen molar-refractivity contribution in [3.05, 3.63) is 34.4 Å². The highest BCUT2D eigenvalue weighted by atomic mass is 79.9. The van der Waals surface area contributed by atoms with Crippen LogP contribution in [0.1, 0.15) is 5.56 Å². The molecule has 54 valence electrons. The van der Waals surface area contributed by atoms with Gasteiger partial charge in [0.15, 0.2) is 5.56 Å². The number of hydrogen-bond donors (Lipinski definition) is 0. The van der Waals surface area contributed by atoms with Gasteiger partial charge in [-0.2, -0.15) is 4.90 Å². The maximum absolute atomic E-state index is 3.42. The molecule has 0 fully saturated rings. The second-order valence-electron chi connectivity index (χ2n) is 2.54. The number of halogens is 1. The van der Waals surface area contributed by atoms with E-state index in [0.717, 1.165) is 4.47 Å². The minimum absolute atomic E-state index is 1.12. The van der Waals surface area contributed by atoms with Crippen LogP contribution in [0.25, 0.3) is 6.08 Å². The van der Waals surface area contributed by atoms with Gasteiger partial charge in [0, 0.05) is 23.7 Å². The van der Waals surface area contributed by atoms with Crippen LogP contribution in [0, 0.1) is 6.20 Å². The Hall–Kier alpha value is -0.850. The van der Waals surface area contributed by atoms with Crippen molar-refractivity contribution >= 4 is 27.7 Å². The summed E-state index contributed by atoms with van der Waals surface area (Å²) >= 11 is 3.42. The monoisotopic (exact) mass is 208 g/mol. The van der Waals surface area contributed by atoms with E-state index in [4.69, 9.17) is 0 Å². The SMILES string of the molecule is CN1[C+]=Cc2cc(Br)ccc21. The molecule has 0 aromatic heterocycles. The lowest BCUT2D eigenvalue weighted by Gasteiger charge is -1.97. The van der Waals surface area contributed by atoms with E-state index in [1.807, 2.05) is 24.1 Å². The molecule has 1 aliphatic heterocycles. The largest absolute Gasteiger partial charge is 0.200 e. The van der Waals surface area contributed by atoms with Crippen LogP contribution in [0.4, 0.5) is 5.69 Å². The van der Waals surface area contributed by atoms with E-state index in [1.165, 1.54) is 11.3 Å². The molecular formula is C9H7BrN+.